The summed E-state index contributed by atoms with van der Waals surface area (Å²) in [6.45, 7) is 3.00. The quantitative estimate of drug-likeness (QED) is 0.636. The molecule has 0 radical (unpaired) electrons. The van der Waals surface area contributed by atoms with E-state index in [2.05, 4.69) is 0 Å². The molecule has 0 saturated heterocycles. The number of amides is 2. The Balaban J connectivity index is 1.96. The zero-order chi connectivity index (χ0) is 18.8. The summed E-state index contributed by atoms with van der Waals surface area (Å²) in [6, 6.07) is 7.88. The van der Waals surface area contributed by atoms with Crippen LogP contribution in [0.3, 0.4) is 0 Å². The van der Waals surface area contributed by atoms with Crippen molar-refractivity contribution in [1.82, 2.24) is 4.90 Å². The number of carbonyl (C=O) groups is 2. The zero-order valence-corrected chi connectivity index (χ0v) is 16.4. The number of carbonyl (C=O) groups excluding carboxylic acids is 2. The summed E-state index contributed by atoms with van der Waals surface area (Å²) in [7, 11) is 0. The first-order chi connectivity index (χ1) is 12.6. The zero-order valence-electron chi connectivity index (χ0n) is 14.8. The number of hydrogen-bond donors (Lipinski definition) is 1. The molecule has 0 unspecified atom stereocenters. The molecule has 0 bridgehead atoms. The summed E-state index contributed by atoms with van der Waals surface area (Å²) in [6.07, 6.45) is 0.640. The summed E-state index contributed by atoms with van der Waals surface area (Å²) < 4.78 is 10.5. The van der Waals surface area contributed by atoms with Crippen molar-refractivity contribution >= 4 is 34.9 Å². The number of ether oxygens (including phenoxy) is 2. The Hall–Kier alpha value is -2.06. The number of hydrogen-bond acceptors (Lipinski definition) is 6. The van der Waals surface area contributed by atoms with Crippen molar-refractivity contribution in [2.45, 2.75) is 45.4 Å². The van der Waals surface area contributed by atoms with E-state index < -0.39 is 18.3 Å². The number of nitrogens with zero attached hydrogens (tertiary/aromatic N) is 1. The Bertz CT molecular complexity index is 623. The lowest BCUT2D eigenvalue weighted by atomic mass is 10.2. The van der Waals surface area contributed by atoms with Crippen LogP contribution in [-0.2, 0) is 22.6 Å². The van der Waals surface area contributed by atoms with Crippen LogP contribution in [0.4, 0.5) is 9.59 Å². The van der Waals surface area contributed by atoms with Gasteiger partial charge in [-0.3, -0.25) is 4.90 Å². The van der Waals surface area contributed by atoms with Gasteiger partial charge in [-0.25, -0.2) is 9.59 Å². The maximum absolute atomic E-state index is 12.6. The molecule has 8 heteroatoms. The van der Waals surface area contributed by atoms with Crippen molar-refractivity contribution in [2.75, 3.05) is 6.61 Å². The van der Waals surface area contributed by atoms with Crippen molar-refractivity contribution in [3.63, 3.8) is 0 Å². The number of nitrogens with two attached hydrogens (primary N) is 1. The molecule has 0 spiro atoms. The fraction of sp³-hybridized carbons (Fsp3) is 0.444. The molecule has 2 heterocycles. The average molecular weight is 397 g/mol. The largest absolute Gasteiger partial charge is 0.445 e. The van der Waals surface area contributed by atoms with Gasteiger partial charge in [-0.2, -0.15) is 0 Å². The molecule has 1 atom stereocenters. The number of thiophene rings is 2. The van der Waals surface area contributed by atoms with Gasteiger partial charge >= 0.3 is 12.2 Å². The molecule has 2 N–H and O–H groups in total. The smallest absolute Gasteiger partial charge is 0.410 e. The summed E-state index contributed by atoms with van der Waals surface area (Å²) in [5, 5.41) is 3.96. The van der Waals surface area contributed by atoms with Gasteiger partial charge in [0, 0.05) is 9.75 Å². The Morgan fingerprint density at radius 1 is 1.15 bits per heavy atom. The molecule has 0 aromatic carbocycles. The molecule has 2 amide bonds. The Morgan fingerprint density at radius 3 is 2.23 bits per heavy atom. The lowest BCUT2D eigenvalue weighted by molar-refractivity contribution is 0.0287. The second kappa shape index (κ2) is 10.8. The van der Waals surface area contributed by atoms with Crippen molar-refractivity contribution in [3.8, 4) is 0 Å². The fourth-order valence-electron chi connectivity index (χ4n) is 2.39. The van der Waals surface area contributed by atoms with E-state index in [0.717, 1.165) is 22.6 Å². The highest BCUT2D eigenvalue weighted by molar-refractivity contribution is 7.10. The van der Waals surface area contributed by atoms with E-state index in [1.54, 1.807) is 27.6 Å². The molecule has 2 rings (SSSR count). The van der Waals surface area contributed by atoms with Gasteiger partial charge in [-0.1, -0.05) is 25.5 Å². The first-order valence-corrected chi connectivity index (χ1v) is 10.3. The minimum Gasteiger partial charge on any atom is -0.445 e. The van der Waals surface area contributed by atoms with E-state index in [9.17, 15) is 9.59 Å². The normalized spacial score (nSPS) is 11.7. The molecular formula is C18H24N2O4S2. The van der Waals surface area contributed by atoms with E-state index in [-0.39, 0.29) is 6.61 Å². The maximum Gasteiger partial charge on any atom is 0.410 e. The van der Waals surface area contributed by atoms with Crippen LogP contribution >= 0.6 is 22.7 Å². The molecule has 26 heavy (non-hydrogen) atoms. The van der Waals surface area contributed by atoms with Crippen LogP contribution < -0.4 is 5.73 Å². The summed E-state index contributed by atoms with van der Waals surface area (Å²) in [5.41, 5.74) is 5.10. The molecule has 0 aliphatic heterocycles. The van der Waals surface area contributed by atoms with Crippen LogP contribution in [-0.4, -0.2) is 29.8 Å². The molecule has 0 aliphatic carbocycles. The number of rotatable bonds is 10. The molecule has 6 nitrogen and oxygen atoms in total. The number of unbranched alkanes of at least 4 members (excludes halogenated alkanes) is 1. The molecule has 0 fully saturated rings. The molecule has 142 valence electrons. The second-order valence-electron chi connectivity index (χ2n) is 5.79. The Morgan fingerprint density at radius 2 is 1.77 bits per heavy atom. The summed E-state index contributed by atoms with van der Waals surface area (Å²) in [5.74, 6) is 0. The molecule has 2 aromatic heterocycles. The summed E-state index contributed by atoms with van der Waals surface area (Å²) >= 11 is 3.19. The van der Waals surface area contributed by atoms with Gasteiger partial charge in [0.05, 0.1) is 13.1 Å². The standard InChI is InChI=1S/C18H24N2O4S2/c1-2-3-6-14(24-17(19)21)13-23-18(22)20(11-15-7-4-9-25-15)12-16-8-5-10-26-16/h4-5,7-10,14H,2-3,6,11-13H2,1H3,(H2,19,21)/t14-/m0/s1. The van der Waals surface area contributed by atoms with E-state index in [1.165, 1.54) is 0 Å². The highest BCUT2D eigenvalue weighted by atomic mass is 32.1. The third-order valence-corrected chi connectivity index (χ3v) is 5.39. The highest BCUT2D eigenvalue weighted by Gasteiger charge is 2.20. The minimum absolute atomic E-state index is 0.00710. The lowest BCUT2D eigenvalue weighted by Gasteiger charge is -2.23. The van der Waals surface area contributed by atoms with Gasteiger partial charge in [0.1, 0.15) is 12.7 Å². The van der Waals surface area contributed by atoms with E-state index in [4.69, 9.17) is 15.2 Å². The Kier molecular flexibility index (Phi) is 8.43. The van der Waals surface area contributed by atoms with Gasteiger partial charge in [0.25, 0.3) is 0 Å². The molecule has 0 aliphatic rings. The van der Waals surface area contributed by atoms with Crippen LogP contribution in [0.25, 0.3) is 0 Å². The first-order valence-electron chi connectivity index (χ1n) is 8.51. The second-order valence-corrected chi connectivity index (χ2v) is 7.86. The third-order valence-electron chi connectivity index (χ3n) is 3.67. The van der Waals surface area contributed by atoms with Crippen molar-refractivity contribution < 1.29 is 19.1 Å². The van der Waals surface area contributed by atoms with Crippen molar-refractivity contribution in [2.24, 2.45) is 5.73 Å². The topological polar surface area (TPSA) is 81.9 Å². The average Bonchev–Trinajstić information content (AvgIpc) is 3.30. The monoisotopic (exact) mass is 396 g/mol. The molecule has 0 saturated carbocycles. The number of primary amides is 1. The van der Waals surface area contributed by atoms with E-state index in [1.807, 2.05) is 41.9 Å². The van der Waals surface area contributed by atoms with E-state index in [0.29, 0.717) is 19.5 Å². The first kappa shape index (κ1) is 20.3. The van der Waals surface area contributed by atoms with Gasteiger partial charge in [0.15, 0.2) is 0 Å². The van der Waals surface area contributed by atoms with Gasteiger partial charge in [0.2, 0.25) is 0 Å². The van der Waals surface area contributed by atoms with Gasteiger partial charge < -0.3 is 15.2 Å². The van der Waals surface area contributed by atoms with Crippen LogP contribution in [0.1, 0.15) is 35.9 Å². The van der Waals surface area contributed by atoms with E-state index >= 15 is 0 Å². The predicted octanol–water partition coefficient (Wildman–Crippen LogP) is 4.60. The van der Waals surface area contributed by atoms with Gasteiger partial charge in [-0.15, -0.1) is 22.7 Å². The van der Waals surface area contributed by atoms with Crippen molar-refractivity contribution in [1.29, 1.82) is 0 Å². The minimum atomic E-state index is -0.851. The fourth-order valence-corrected chi connectivity index (χ4v) is 3.83. The van der Waals surface area contributed by atoms with Crippen LogP contribution in [0.2, 0.25) is 0 Å². The third kappa shape index (κ3) is 7.05. The summed E-state index contributed by atoms with van der Waals surface area (Å²) in [4.78, 5) is 27.4. The maximum atomic E-state index is 12.6. The SMILES string of the molecule is CCCC[C@@H](COC(=O)N(Cc1cccs1)Cc1cccs1)OC(N)=O. The molecule has 2 aromatic rings. The van der Waals surface area contributed by atoms with Crippen LogP contribution in [0.5, 0.6) is 0 Å². The highest BCUT2D eigenvalue weighted by Crippen LogP contribution is 2.18. The lowest BCUT2D eigenvalue weighted by Crippen LogP contribution is -2.34. The van der Waals surface area contributed by atoms with Crippen molar-refractivity contribution in [3.05, 3.63) is 44.8 Å². The molecular weight excluding hydrogens is 372 g/mol. The van der Waals surface area contributed by atoms with Crippen LogP contribution in [0.15, 0.2) is 35.0 Å². The predicted molar refractivity (Wildman–Crippen MR) is 103 cm³/mol. The van der Waals surface area contributed by atoms with Gasteiger partial charge in [-0.05, 0) is 35.7 Å². The van der Waals surface area contributed by atoms with Crippen LogP contribution in [0, 0.1) is 0 Å². The Labute approximate surface area is 161 Å².